The van der Waals surface area contributed by atoms with Crippen molar-refractivity contribution in [1.29, 1.82) is 0 Å². The monoisotopic (exact) mass is 251 g/mol. The van der Waals surface area contributed by atoms with Crippen LogP contribution in [-0.4, -0.2) is 15.9 Å². The standard InChI is InChI=1S/C12H11F2N3O/c13-9-2-1-3-10(14)8(9)6-12(18)17-7-11-15-4-5-16-11/h1-5H,6-7H2,(H,15,16)(H,17,18). The van der Waals surface area contributed by atoms with Gasteiger partial charge in [-0.2, -0.15) is 0 Å². The van der Waals surface area contributed by atoms with Gasteiger partial charge >= 0.3 is 0 Å². The van der Waals surface area contributed by atoms with Gasteiger partial charge in [0.2, 0.25) is 5.91 Å². The molecule has 0 radical (unpaired) electrons. The van der Waals surface area contributed by atoms with Crippen LogP contribution in [-0.2, 0) is 17.8 Å². The Morgan fingerprint density at radius 3 is 2.67 bits per heavy atom. The van der Waals surface area contributed by atoms with E-state index in [0.717, 1.165) is 12.1 Å². The molecule has 94 valence electrons. The number of rotatable bonds is 4. The fourth-order valence-electron chi connectivity index (χ4n) is 1.50. The summed E-state index contributed by atoms with van der Waals surface area (Å²) >= 11 is 0. The summed E-state index contributed by atoms with van der Waals surface area (Å²) < 4.78 is 26.6. The Morgan fingerprint density at radius 1 is 1.33 bits per heavy atom. The number of carbonyl (C=O) groups is 1. The van der Waals surface area contributed by atoms with Gasteiger partial charge in [0.05, 0.1) is 13.0 Å². The van der Waals surface area contributed by atoms with Crippen molar-refractivity contribution in [3.63, 3.8) is 0 Å². The number of aromatic nitrogens is 2. The fourth-order valence-corrected chi connectivity index (χ4v) is 1.50. The summed E-state index contributed by atoms with van der Waals surface area (Å²) in [5.74, 6) is -1.32. The first kappa shape index (κ1) is 12.2. The van der Waals surface area contributed by atoms with E-state index in [9.17, 15) is 13.6 Å². The first-order valence-corrected chi connectivity index (χ1v) is 5.34. The zero-order valence-corrected chi connectivity index (χ0v) is 9.41. The number of halogens is 2. The van der Waals surface area contributed by atoms with Gasteiger partial charge in [-0.05, 0) is 12.1 Å². The molecule has 0 aliphatic rings. The number of carbonyl (C=O) groups excluding carboxylic acids is 1. The average molecular weight is 251 g/mol. The van der Waals surface area contributed by atoms with E-state index in [1.165, 1.54) is 6.07 Å². The number of hydrogen-bond donors (Lipinski definition) is 2. The summed E-state index contributed by atoms with van der Waals surface area (Å²) in [5, 5.41) is 2.52. The maximum Gasteiger partial charge on any atom is 0.225 e. The lowest BCUT2D eigenvalue weighted by Gasteiger charge is -2.05. The van der Waals surface area contributed by atoms with Crippen molar-refractivity contribution in [2.75, 3.05) is 0 Å². The number of H-pyrrole nitrogens is 1. The molecule has 18 heavy (non-hydrogen) atoms. The van der Waals surface area contributed by atoms with E-state index in [4.69, 9.17) is 0 Å². The number of amides is 1. The zero-order valence-electron chi connectivity index (χ0n) is 9.41. The summed E-state index contributed by atoms with van der Waals surface area (Å²) in [6.07, 6.45) is 2.84. The minimum Gasteiger partial charge on any atom is -0.349 e. The highest BCUT2D eigenvalue weighted by Crippen LogP contribution is 2.12. The van der Waals surface area contributed by atoms with Crippen LogP contribution in [0.5, 0.6) is 0 Å². The lowest BCUT2D eigenvalue weighted by Crippen LogP contribution is -2.25. The maximum atomic E-state index is 13.3. The predicted molar refractivity (Wildman–Crippen MR) is 60.5 cm³/mol. The summed E-state index contributed by atoms with van der Waals surface area (Å²) in [5.41, 5.74) is -0.227. The van der Waals surface area contributed by atoms with Crippen LogP contribution in [0.2, 0.25) is 0 Å². The molecular formula is C12H11F2N3O. The van der Waals surface area contributed by atoms with Crippen LogP contribution in [0.15, 0.2) is 30.6 Å². The number of benzene rings is 1. The van der Waals surface area contributed by atoms with Crippen molar-refractivity contribution < 1.29 is 13.6 Å². The van der Waals surface area contributed by atoms with Gasteiger partial charge < -0.3 is 10.3 Å². The molecule has 1 amide bonds. The van der Waals surface area contributed by atoms with E-state index in [2.05, 4.69) is 15.3 Å². The Bertz CT molecular complexity index is 520. The average Bonchev–Trinajstić information content (AvgIpc) is 2.84. The molecule has 0 bridgehead atoms. The van der Waals surface area contributed by atoms with Crippen LogP contribution in [0, 0.1) is 11.6 Å². The van der Waals surface area contributed by atoms with Crippen LogP contribution in [0.1, 0.15) is 11.4 Å². The quantitative estimate of drug-likeness (QED) is 0.866. The van der Waals surface area contributed by atoms with Crippen molar-refractivity contribution in [3.05, 3.63) is 53.6 Å². The van der Waals surface area contributed by atoms with Crippen LogP contribution >= 0.6 is 0 Å². The highest BCUT2D eigenvalue weighted by molar-refractivity contribution is 5.78. The molecule has 0 aliphatic carbocycles. The van der Waals surface area contributed by atoms with Crippen molar-refractivity contribution in [3.8, 4) is 0 Å². The molecule has 2 N–H and O–H groups in total. The van der Waals surface area contributed by atoms with Gasteiger partial charge in [-0.1, -0.05) is 6.07 Å². The summed E-state index contributed by atoms with van der Waals surface area (Å²) in [6, 6.07) is 3.51. The molecule has 0 saturated heterocycles. The third kappa shape index (κ3) is 2.91. The highest BCUT2D eigenvalue weighted by atomic mass is 19.1. The maximum absolute atomic E-state index is 13.3. The minimum atomic E-state index is -0.719. The van der Waals surface area contributed by atoms with E-state index in [-0.39, 0.29) is 18.5 Å². The molecule has 0 unspecified atom stereocenters. The van der Waals surface area contributed by atoms with Gasteiger partial charge in [0.15, 0.2) is 0 Å². The fraction of sp³-hybridized carbons (Fsp3) is 0.167. The highest BCUT2D eigenvalue weighted by Gasteiger charge is 2.12. The van der Waals surface area contributed by atoms with Gasteiger partial charge in [-0.15, -0.1) is 0 Å². The second kappa shape index (κ2) is 5.39. The van der Waals surface area contributed by atoms with E-state index >= 15 is 0 Å². The summed E-state index contributed by atoms with van der Waals surface area (Å²) in [6.45, 7) is 0.196. The van der Waals surface area contributed by atoms with Gasteiger partial charge in [0.25, 0.3) is 0 Å². The van der Waals surface area contributed by atoms with Crippen LogP contribution in [0.4, 0.5) is 8.78 Å². The predicted octanol–water partition coefficient (Wildman–Crippen LogP) is 1.55. The Labute approximate surface area is 102 Å². The number of imidazole rings is 1. The van der Waals surface area contributed by atoms with E-state index in [1.54, 1.807) is 12.4 Å². The molecule has 0 spiro atoms. The Balaban J connectivity index is 1.95. The minimum absolute atomic E-state index is 0.196. The molecule has 0 fully saturated rings. The Morgan fingerprint density at radius 2 is 2.06 bits per heavy atom. The van der Waals surface area contributed by atoms with Gasteiger partial charge in [0, 0.05) is 18.0 Å². The molecule has 6 heteroatoms. The summed E-state index contributed by atoms with van der Waals surface area (Å²) in [4.78, 5) is 18.2. The molecule has 0 aliphatic heterocycles. The van der Waals surface area contributed by atoms with Crippen LogP contribution in [0.25, 0.3) is 0 Å². The molecule has 1 aromatic carbocycles. The lowest BCUT2D eigenvalue weighted by molar-refractivity contribution is -0.120. The van der Waals surface area contributed by atoms with Gasteiger partial charge in [-0.3, -0.25) is 4.79 Å². The number of nitrogens with one attached hydrogen (secondary N) is 2. The van der Waals surface area contributed by atoms with Crippen molar-refractivity contribution >= 4 is 5.91 Å². The lowest BCUT2D eigenvalue weighted by atomic mass is 10.1. The van der Waals surface area contributed by atoms with Crippen LogP contribution in [0.3, 0.4) is 0 Å². The zero-order chi connectivity index (χ0) is 13.0. The van der Waals surface area contributed by atoms with Gasteiger partial charge in [-0.25, -0.2) is 13.8 Å². The third-order valence-electron chi connectivity index (χ3n) is 2.41. The molecule has 0 saturated carbocycles. The molecule has 0 atom stereocenters. The van der Waals surface area contributed by atoms with Crippen molar-refractivity contribution in [1.82, 2.24) is 15.3 Å². The number of hydrogen-bond acceptors (Lipinski definition) is 2. The smallest absolute Gasteiger partial charge is 0.225 e. The Kier molecular flexibility index (Phi) is 3.66. The largest absolute Gasteiger partial charge is 0.349 e. The Hall–Kier alpha value is -2.24. The number of nitrogens with zero attached hydrogens (tertiary/aromatic N) is 1. The third-order valence-corrected chi connectivity index (χ3v) is 2.41. The molecule has 1 heterocycles. The molecular weight excluding hydrogens is 240 g/mol. The molecule has 1 aromatic heterocycles. The van der Waals surface area contributed by atoms with Crippen molar-refractivity contribution in [2.45, 2.75) is 13.0 Å². The molecule has 2 aromatic rings. The first-order chi connectivity index (χ1) is 8.66. The van der Waals surface area contributed by atoms with Gasteiger partial charge in [0.1, 0.15) is 17.5 Å². The van der Waals surface area contributed by atoms with E-state index < -0.39 is 17.5 Å². The second-order valence-corrected chi connectivity index (χ2v) is 3.69. The molecule has 2 rings (SSSR count). The second-order valence-electron chi connectivity index (χ2n) is 3.69. The molecule has 4 nitrogen and oxygen atoms in total. The van der Waals surface area contributed by atoms with E-state index in [0.29, 0.717) is 5.82 Å². The first-order valence-electron chi connectivity index (χ1n) is 5.34. The number of aromatic amines is 1. The van der Waals surface area contributed by atoms with E-state index in [1.807, 2.05) is 0 Å². The SMILES string of the molecule is O=C(Cc1c(F)cccc1F)NCc1ncc[nH]1. The summed E-state index contributed by atoms with van der Waals surface area (Å²) in [7, 11) is 0. The topological polar surface area (TPSA) is 57.8 Å². The van der Waals surface area contributed by atoms with Crippen LogP contribution < -0.4 is 5.32 Å². The normalized spacial score (nSPS) is 10.3. The van der Waals surface area contributed by atoms with Crippen molar-refractivity contribution in [2.24, 2.45) is 0 Å².